The molecule has 0 radical (unpaired) electrons. The smallest absolute Gasteiger partial charge is 0.193 e. The third-order valence-corrected chi connectivity index (χ3v) is 7.21. The standard InChI is InChI=1S/C29H37N3O/c1-2-18-31(28-16-14-26(15-17-28)29(33)25-10-5-3-6-11-25)20-9-19-30-21-23-32(24-22-30)27-12-7-4-8-13-27/h1,3,5-6,10-11,14-17,27H,4,7-9,12-13,18-24H2. The van der Waals surface area contributed by atoms with E-state index in [0.717, 1.165) is 31.2 Å². The van der Waals surface area contributed by atoms with E-state index in [1.54, 1.807) is 0 Å². The first-order valence-electron chi connectivity index (χ1n) is 12.6. The van der Waals surface area contributed by atoms with Crippen LogP contribution in [0.5, 0.6) is 0 Å². The zero-order valence-electron chi connectivity index (χ0n) is 19.8. The molecular weight excluding hydrogens is 406 g/mol. The van der Waals surface area contributed by atoms with Crippen LogP contribution in [0, 0.1) is 12.3 Å². The van der Waals surface area contributed by atoms with Crippen LogP contribution in [0.4, 0.5) is 5.69 Å². The van der Waals surface area contributed by atoms with Gasteiger partial charge in [-0.2, -0.15) is 0 Å². The van der Waals surface area contributed by atoms with Crippen molar-refractivity contribution in [1.29, 1.82) is 0 Å². The molecule has 4 nitrogen and oxygen atoms in total. The molecule has 2 aliphatic rings. The van der Waals surface area contributed by atoms with Crippen LogP contribution in [0.25, 0.3) is 0 Å². The van der Waals surface area contributed by atoms with Gasteiger partial charge in [-0.15, -0.1) is 6.42 Å². The molecule has 1 aliphatic heterocycles. The zero-order valence-corrected chi connectivity index (χ0v) is 19.8. The number of piperazine rings is 1. The van der Waals surface area contributed by atoms with Crippen molar-refractivity contribution in [2.45, 2.75) is 44.6 Å². The summed E-state index contributed by atoms with van der Waals surface area (Å²) in [5, 5.41) is 0. The summed E-state index contributed by atoms with van der Waals surface area (Å²) in [7, 11) is 0. The fourth-order valence-corrected chi connectivity index (χ4v) is 5.27. The Morgan fingerprint density at radius 3 is 2.24 bits per heavy atom. The molecule has 0 N–H and O–H groups in total. The van der Waals surface area contributed by atoms with Gasteiger partial charge in [0.25, 0.3) is 0 Å². The predicted octanol–water partition coefficient (Wildman–Crippen LogP) is 4.70. The molecule has 0 atom stereocenters. The summed E-state index contributed by atoms with van der Waals surface area (Å²) in [6, 6.07) is 18.1. The summed E-state index contributed by atoms with van der Waals surface area (Å²) in [4.78, 5) is 20.3. The summed E-state index contributed by atoms with van der Waals surface area (Å²) < 4.78 is 0. The van der Waals surface area contributed by atoms with Gasteiger partial charge in [0.05, 0.1) is 6.54 Å². The number of anilines is 1. The molecule has 4 rings (SSSR count). The van der Waals surface area contributed by atoms with Crippen LogP contribution in [0.2, 0.25) is 0 Å². The number of carbonyl (C=O) groups is 1. The lowest BCUT2D eigenvalue weighted by Gasteiger charge is -2.41. The minimum atomic E-state index is 0.0537. The van der Waals surface area contributed by atoms with E-state index in [0.29, 0.717) is 17.7 Å². The Kier molecular flexibility index (Phi) is 8.58. The van der Waals surface area contributed by atoms with Gasteiger partial charge in [-0.25, -0.2) is 0 Å². The molecule has 0 aromatic heterocycles. The summed E-state index contributed by atoms with van der Waals surface area (Å²) in [5.41, 5.74) is 2.51. The molecule has 33 heavy (non-hydrogen) atoms. The van der Waals surface area contributed by atoms with E-state index in [4.69, 9.17) is 6.42 Å². The highest BCUT2D eigenvalue weighted by Crippen LogP contribution is 2.23. The lowest BCUT2D eigenvalue weighted by atomic mass is 9.94. The second-order valence-electron chi connectivity index (χ2n) is 9.39. The van der Waals surface area contributed by atoms with E-state index >= 15 is 0 Å². The molecular formula is C29H37N3O. The van der Waals surface area contributed by atoms with Gasteiger partial charge in [-0.05, 0) is 50.1 Å². The van der Waals surface area contributed by atoms with E-state index in [-0.39, 0.29) is 5.78 Å². The minimum absolute atomic E-state index is 0.0537. The number of rotatable bonds is 9. The average molecular weight is 444 g/mol. The van der Waals surface area contributed by atoms with Crippen LogP contribution in [0.15, 0.2) is 54.6 Å². The molecule has 1 heterocycles. The average Bonchev–Trinajstić information content (AvgIpc) is 2.89. The van der Waals surface area contributed by atoms with Gasteiger partial charge >= 0.3 is 0 Å². The van der Waals surface area contributed by atoms with E-state index in [1.165, 1.54) is 58.3 Å². The van der Waals surface area contributed by atoms with Gasteiger partial charge in [0.15, 0.2) is 5.78 Å². The Morgan fingerprint density at radius 1 is 0.909 bits per heavy atom. The monoisotopic (exact) mass is 443 g/mol. The zero-order chi connectivity index (χ0) is 22.9. The van der Waals surface area contributed by atoms with E-state index in [1.807, 2.05) is 54.6 Å². The van der Waals surface area contributed by atoms with Gasteiger partial charge < -0.3 is 9.80 Å². The van der Waals surface area contributed by atoms with Crippen molar-refractivity contribution in [2.75, 3.05) is 50.7 Å². The number of nitrogens with zero attached hydrogens (tertiary/aromatic N) is 3. The first-order valence-corrected chi connectivity index (χ1v) is 12.6. The molecule has 2 aromatic rings. The first kappa shape index (κ1) is 23.5. The van der Waals surface area contributed by atoms with E-state index in [2.05, 4.69) is 20.6 Å². The van der Waals surface area contributed by atoms with Crippen molar-refractivity contribution in [2.24, 2.45) is 0 Å². The van der Waals surface area contributed by atoms with Crippen molar-refractivity contribution >= 4 is 11.5 Å². The second-order valence-corrected chi connectivity index (χ2v) is 9.39. The third kappa shape index (κ3) is 6.47. The van der Waals surface area contributed by atoms with Crippen molar-refractivity contribution in [3.05, 3.63) is 65.7 Å². The Morgan fingerprint density at radius 2 is 1.58 bits per heavy atom. The van der Waals surface area contributed by atoms with E-state index < -0.39 is 0 Å². The van der Waals surface area contributed by atoms with Crippen LogP contribution in [0.1, 0.15) is 54.4 Å². The van der Waals surface area contributed by atoms with Crippen molar-refractivity contribution < 1.29 is 4.79 Å². The Hall–Kier alpha value is -2.61. The van der Waals surface area contributed by atoms with Gasteiger partial charge in [0, 0.05) is 55.6 Å². The fourth-order valence-electron chi connectivity index (χ4n) is 5.27. The maximum Gasteiger partial charge on any atom is 0.193 e. The summed E-state index contributed by atoms with van der Waals surface area (Å²) >= 11 is 0. The lowest BCUT2D eigenvalue weighted by Crippen LogP contribution is -2.51. The molecule has 2 fully saturated rings. The number of carbonyl (C=O) groups excluding carboxylic acids is 1. The van der Waals surface area contributed by atoms with Crippen LogP contribution >= 0.6 is 0 Å². The summed E-state index contributed by atoms with van der Waals surface area (Å²) in [6.07, 6.45) is 13.8. The highest BCUT2D eigenvalue weighted by atomic mass is 16.1. The number of terminal acetylenes is 1. The predicted molar refractivity (Wildman–Crippen MR) is 137 cm³/mol. The summed E-state index contributed by atoms with van der Waals surface area (Å²) in [5.74, 6) is 2.85. The van der Waals surface area contributed by atoms with Gasteiger partial charge in [0.1, 0.15) is 0 Å². The molecule has 174 valence electrons. The highest BCUT2D eigenvalue weighted by Gasteiger charge is 2.24. The maximum atomic E-state index is 12.7. The number of hydrogen-bond acceptors (Lipinski definition) is 4. The largest absolute Gasteiger partial charge is 0.360 e. The van der Waals surface area contributed by atoms with Crippen molar-refractivity contribution in [3.8, 4) is 12.3 Å². The van der Waals surface area contributed by atoms with Crippen LogP contribution < -0.4 is 4.90 Å². The van der Waals surface area contributed by atoms with Gasteiger partial charge in [-0.3, -0.25) is 9.69 Å². The molecule has 1 saturated carbocycles. The van der Waals surface area contributed by atoms with Crippen LogP contribution in [-0.2, 0) is 0 Å². The summed E-state index contributed by atoms with van der Waals surface area (Å²) in [6.45, 7) is 7.43. The minimum Gasteiger partial charge on any atom is -0.360 e. The Labute approximate surface area is 199 Å². The van der Waals surface area contributed by atoms with Crippen molar-refractivity contribution in [1.82, 2.24) is 9.80 Å². The molecule has 2 aromatic carbocycles. The van der Waals surface area contributed by atoms with Gasteiger partial charge in [0.2, 0.25) is 0 Å². The molecule has 1 saturated heterocycles. The normalized spacial score (nSPS) is 18.0. The van der Waals surface area contributed by atoms with Gasteiger partial charge in [-0.1, -0.05) is 55.5 Å². The fraction of sp³-hybridized carbons (Fsp3) is 0.483. The number of benzene rings is 2. The highest BCUT2D eigenvalue weighted by molar-refractivity contribution is 6.09. The Bertz CT molecular complexity index is 904. The SMILES string of the molecule is C#CCN(CCCN1CCN(C2CCCCC2)CC1)c1ccc(C(=O)c2ccccc2)cc1. The van der Waals surface area contributed by atoms with E-state index in [9.17, 15) is 4.79 Å². The third-order valence-electron chi connectivity index (χ3n) is 7.21. The van der Waals surface area contributed by atoms with Crippen LogP contribution in [-0.4, -0.2) is 67.4 Å². The lowest BCUT2D eigenvalue weighted by molar-refractivity contribution is 0.0787. The maximum absolute atomic E-state index is 12.7. The molecule has 1 aliphatic carbocycles. The number of ketones is 1. The molecule has 0 unspecified atom stereocenters. The quantitative estimate of drug-likeness (QED) is 0.415. The number of hydrogen-bond donors (Lipinski definition) is 0. The molecule has 0 spiro atoms. The van der Waals surface area contributed by atoms with Crippen LogP contribution in [0.3, 0.4) is 0 Å². The second kappa shape index (κ2) is 12.0. The first-order chi connectivity index (χ1) is 16.2. The molecule has 0 amide bonds. The molecule has 4 heteroatoms. The Balaban J connectivity index is 1.25. The van der Waals surface area contributed by atoms with Crippen molar-refractivity contribution in [3.63, 3.8) is 0 Å². The molecule has 0 bridgehead atoms. The topological polar surface area (TPSA) is 26.8 Å².